The fraction of sp³-hybridized carbons (Fsp3) is 0.250. The normalized spacial score (nSPS) is 16.3. The molecule has 0 unspecified atom stereocenters. The Morgan fingerprint density at radius 2 is 2.29 bits per heavy atom. The topological polar surface area (TPSA) is 67.2 Å². The van der Waals surface area contributed by atoms with Crippen LogP contribution in [0.4, 0.5) is 5.69 Å². The first-order chi connectivity index (χ1) is 10.3. The molecule has 0 aliphatic carbocycles. The third-order valence-corrected chi connectivity index (χ3v) is 3.42. The maximum atomic E-state index is 8.74. The highest BCUT2D eigenvalue weighted by molar-refractivity contribution is 5.50. The standard InChI is InChI=1S/C16H15N3O2/c1-20-15-4-2-3-11-7-14(10-21-16(11)15)19-13-6-5-12(8-17)18-9-13/h2-6,9,14,19H,7,10H2,1H3/t14-/m1/s1. The Kier molecular flexibility index (Phi) is 3.61. The fourth-order valence-electron chi connectivity index (χ4n) is 2.43. The van der Waals surface area contributed by atoms with E-state index >= 15 is 0 Å². The number of rotatable bonds is 3. The molecule has 1 aromatic carbocycles. The van der Waals surface area contributed by atoms with Crippen molar-refractivity contribution in [2.75, 3.05) is 19.0 Å². The maximum Gasteiger partial charge on any atom is 0.164 e. The molecule has 2 heterocycles. The van der Waals surface area contributed by atoms with Gasteiger partial charge in [0.1, 0.15) is 18.4 Å². The average Bonchev–Trinajstić information content (AvgIpc) is 2.54. The van der Waals surface area contributed by atoms with Gasteiger partial charge >= 0.3 is 0 Å². The molecular weight excluding hydrogens is 266 g/mol. The number of anilines is 1. The molecule has 0 fully saturated rings. The summed E-state index contributed by atoms with van der Waals surface area (Å²) < 4.78 is 11.1. The molecule has 0 spiro atoms. The summed E-state index contributed by atoms with van der Waals surface area (Å²) in [4.78, 5) is 4.05. The molecule has 1 atom stereocenters. The van der Waals surface area contributed by atoms with Crippen molar-refractivity contribution < 1.29 is 9.47 Å². The number of methoxy groups -OCH3 is 1. The van der Waals surface area contributed by atoms with Gasteiger partial charge in [0.15, 0.2) is 11.5 Å². The van der Waals surface area contributed by atoms with Crippen molar-refractivity contribution in [3.8, 4) is 17.6 Å². The lowest BCUT2D eigenvalue weighted by Gasteiger charge is -2.27. The third kappa shape index (κ3) is 2.75. The van der Waals surface area contributed by atoms with Crippen LogP contribution in [-0.2, 0) is 6.42 Å². The van der Waals surface area contributed by atoms with E-state index in [1.54, 1.807) is 19.4 Å². The van der Waals surface area contributed by atoms with Crippen molar-refractivity contribution >= 4 is 5.69 Å². The summed E-state index contributed by atoms with van der Waals surface area (Å²) in [6.45, 7) is 0.563. The monoisotopic (exact) mass is 281 g/mol. The molecule has 106 valence electrons. The highest BCUT2D eigenvalue weighted by atomic mass is 16.5. The number of nitrogens with zero attached hydrogens (tertiary/aromatic N) is 2. The molecule has 1 aromatic heterocycles. The van der Waals surface area contributed by atoms with Gasteiger partial charge in [-0.25, -0.2) is 4.98 Å². The van der Waals surface area contributed by atoms with Crippen molar-refractivity contribution in [1.82, 2.24) is 4.98 Å². The van der Waals surface area contributed by atoms with Crippen LogP contribution in [0.3, 0.4) is 0 Å². The Morgan fingerprint density at radius 1 is 1.38 bits per heavy atom. The van der Waals surface area contributed by atoms with Gasteiger partial charge in [-0.3, -0.25) is 0 Å². The number of pyridine rings is 1. The van der Waals surface area contributed by atoms with E-state index in [1.165, 1.54) is 0 Å². The van der Waals surface area contributed by atoms with E-state index in [-0.39, 0.29) is 6.04 Å². The Balaban J connectivity index is 1.73. The number of hydrogen-bond acceptors (Lipinski definition) is 5. The molecule has 0 radical (unpaired) electrons. The van der Waals surface area contributed by atoms with Gasteiger partial charge in [0.05, 0.1) is 25.0 Å². The second kappa shape index (κ2) is 5.71. The summed E-state index contributed by atoms with van der Waals surface area (Å²) >= 11 is 0. The highest BCUT2D eigenvalue weighted by Gasteiger charge is 2.22. The second-order valence-electron chi connectivity index (χ2n) is 4.85. The summed E-state index contributed by atoms with van der Waals surface area (Å²) in [5, 5.41) is 12.1. The molecule has 2 aromatic rings. The Bertz CT molecular complexity index is 677. The molecule has 5 heteroatoms. The lowest BCUT2D eigenvalue weighted by Crippen LogP contribution is -2.33. The smallest absolute Gasteiger partial charge is 0.164 e. The van der Waals surface area contributed by atoms with Gasteiger partial charge in [-0.05, 0) is 24.6 Å². The van der Waals surface area contributed by atoms with E-state index in [1.807, 2.05) is 30.3 Å². The molecule has 1 aliphatic heterocycles. The molecule has 5 nitrogen and oxygen atoms in total. The average molecular weight is 281 g/mol. The van der Waals surface area contributed by atoms with Gasteiger partial charge in [0.2, 0.25) is 0 Å². The Morgan fingerprint density at radius 3 is 3.00 bits per heavy atom. The van der Waals surface area contributed by atoms with Crippen LogP contribution >= 0.6 is 0 Å². The predicted octanol–water partition coefficient (Wildman–Crippen LogP) is 2.38. The highest BCUT2D eigenvalue weighted by Crippen LogP contribution is 2.34. The van der Waals surface area contributed by atoms with E-state index in [0.717, 1.165) is 29.2 Å². The Hall–Kier alpha value is -2.74. The van der Waals surface area contributed by atoms with E-state index in [2.05, 4.69) is 10.3 Å². The van der Waals surface area contributed by atoms with E-state index < -0.39 is 0 Å². The van der Waals surface area contributed by atoms with Gasteiger partial charge < -0.3 is 14.8 Å². The van der Waals surface area contributed by atoms with Crippen molar-refractivity contribution in [2.45, 2.75) is 12.5 Å². The number of nitrogens with one attached hydrogen (secondary N) is 1. The summed E-state index contributed by atoms with van der Waals surface area (Å²) in [5.41, 5.74) is 2.42. The zero-order valence-corrected chi connectivity index (χ0v) is 11.7. The Labute approximate surface area is 123 Å². The van der Waals surface area contributed by atoms with Crippen molar-refractivity contribution in [3.63, 3.8) is 0 Å². The van der Waals surface area contributed by atoms with Crippen LogP contribution in [0, 0.1) is 11.3 Å². The number of para-hydroxylation sites is 1. The van der Waals surface area contributed by atoms with Crippen LogP contribution in [0.2, 0.25) is 0 Å². The first-order valence-electron chi connectivity index (χ1n) is 6.71. The lowest BCUT2D eigenvalue weighted by molar-refractivity contribution is 0.256. The summed E-state index contributed by atoms with van der Waals surface area (Å²) in [6.07, 6.45) is 2.52. The molecule has 0 amide bonds. The van der Waals surface area contributed by atoms with Crippen LogP contribution in [0.15, 0.2) is 36.5 Å². The maximum absolute atomic E-state index is 8.74. The fourth-order valence-corrected chi connectivity index (χ4v) is 2.43. The van der Waals surface area contributed by atoms with Crippen molar-refractivity contribution in [2.24, 2.45) is 0 Å². The SMILES string of the molecule is COc1cccc2c1OC[C@H](Nc1ccc(C#N)nc1)C2. The van der Waals surface area contributed by atoms with Gasteiger partial charge in [0.25, 0.3) is 0 Å². The quantitative estimate of drug-likeness (QED) is 0.935. The van der Waals surface area contributed by atoms with Gasteiger partial charge in [-0.15, -0.1) is 0 Å². The second-order valence-corrected chi connectivity index (χ2v) is 4.85. The first-order valence-corrected chi connectivity index (χ1v) is 6.71. The zero-order valence-electron chi connectivity index (χ0n) is 11.7. The summed E-state index contributed by atoms with van der Waals surface area (Å²) in [6, 6.07) is 11.6. The largest absolute Gasteiger partial charge is 0.493 e. The minimum atomic E-state index is 0.166. The molecule has 1 N–H and O–H groups in total. The van der Waals surface area contributed by atoms with Gasteiger partial charge in [-0.2, -0.15) is 5.26 Å². The van der Waals surface area contributed by atoms with E-state index in [9.17, 15) is 0 Å². The van der Waals surface area contributed by atoms with Crippen LogP contribution < -0.4 is 14.8 Å². The molecule has 1 aliphatic rings. The van der Waals surface area contributed by atoms with Crippen molar-refractivity contribution in [1.29, 1.82) is 5.26 Å². The minimum absolute atomic E-state index is 0.166. The summed E-state index contributed by atoms with van der Waals surface area (Å²) in [7, 11) is 1.64. The number of nitriles is 1. The minimum Gasteiger partial charge on any atom is -0.493 e. The van der Waals surface area contributed by atoms with Crippen LogP contribution in [0.25, 0.3) is 0 Å². The first kappa shape index (κ1) is 13.3. The van der Waals surface area contributed by atoms with Gasteiger partial charge in [0, 0.05) is 5.56 Å². The molecule has 0 saturated carbocycles. The summed E-state index contributed by atoms with van der Waals surface area (Å²) in [5.74, 6) is 1.60. The van der Waals surface area contributed by atoms with Crippen LogP contribution in [0.1, 0.15) is 11.3 Å². The third-order valence-electron chi connectivity index (χ3n) is 3.42. The predicted molar refractivity (Wildman–Crippen MR) is 78.6 cm³/mol. The number of fused-ring (bicyclic) bond motifs is 1. The molecule has 3 rings (SSSR count). The van der Waals surface area contributed by atoms with Crippen LogP contribution in [-0.4, -0.2) is 24.7 Å². The molecular formula is C16H15N3O2. The van der Waals surface area contributed by atoms with E-state index in [4.69, 9.17) is 14.7 Å². The van der Waals surface area contributed by atoms with Crippen molar-refractivity contribution in [3.05, 3.63) is 47.8 Å². The molecule has 0 bridgehead atoms. The number of ether oxygens (including phenoxy) is 2. The molecule has 0 saturated heterocycles. The van der Waals surface area contributed by atoms with Gasteiger partial charge in [-0.1, -0.05) is 12.1 Å². The number of aromatic nitrogens is 1. The zero-order chi connectivity index (χ0) is 14.7. The number of benzene rings is 1. The number of hydrogen-bond donors (Lipinski definition) is 1. The lowest BCUT2D eigenvalue weighted by atomic mass is 10.0. The van der Waals surface area contributed by atoms with E-state index in [0.29, 0.717) is 12.3 Å². The molecule has 21 heavy (non-hydrogen) atoms. The van der Waals surface area contributed by atoms with Crippen LogP contribution in [0.5, 0.6) is 11.5 Å².